The fourth-order valence-corrected chi connectivity index (χ4v) is 4.07. The molecular formula is C19H25BrN4O4S. The number of halogens is 1. The Morgan fingerprint density at radius 3 is 2.72 bits per heavy atom. The van der Waals surface area contributed by atoms with E-state index in [9.17, 15) is 14.4 Å². The minimum atomic E-state index is -0.689. The van der Waals surface area contributed by atoms with Crippen LogP contribution < -0.4 is 21.9 Å². The second kappa shape index (κ2) is 10.6. The van der Waals surface area contributed by atoms with Gasteiger partial charge in [-0.25, -0.2) is 4.79 Å². The lowest BCUT2D eigenvalue weighted by Gasteiger charge is -2.23. The number of nitrogens with two attached hydrogens (primary N) is 1. The van der Waals surface area contributed by atoms with E-state index in [-0.39, 0.29) is 24.0 Å². The third-order valence-corrected chi connectivity index (χ3v) is 5.60. The standard InChI is InChI=1S/C19H25BrN4O4S/c1-12(2)11-24-17(21)16(18(26)22-19(24)27)23(9-4-10-28-3)15(25)8-6-13-5-7-14(20)29-13/h5-8,12H,4,9-11,21H2,1-3H3,(H,22,26,27). The van der Waals surface area contributed by atoms with Crippen LogP contribution in [0.15, 0.2) is 31.6 Å². The first-order valence-corrected chi connectivity index (χ1v) is 10.7. The Labute approximate surface area is 181 Å². The molecule has 0 spiro atoms. The Morgan fingerprint density at radius 1 is 1.41 bits per heavy atom. The van der Waals surface area contributed by atoms with Gasteiger partial charge in [0.15, 0.2) is 5.69 Å². The molecule has 10 heteroatoms. The monoisotopic (exact) mass is 484 g/mol. The van der Waals surface area contributed by atoms with Gasteiger partial charge in [0.05, 0.1) is 3.79 Å². The van der Waals surface area contributed by atoms with E-state index < -0.39 is 17.2 Å². The van der Waals surface area contributed by atoms with Crippen molar-refractivity contribution in [3.8, 4) is 0 Å². The summed E-state index contributed by atoms with van der Waals surface area (Å²) in [5, 5.41) is 0. The molecule has 0 aliphatic heterocycles. The van der Waals surface area contributed by atoms with Crippen LogP contribution in [0.2, 0.25) is 0 Å². The number of carbonyl (C=O) groups excluding carboxylic acids is 1. The van der Waals surface area contributed by atoms with Crippen LogP contribution in [0.25, 0.3) is 6.08 Å². The summed E-state index contributed by atoms with van der Waals surface area (Å²) in [4.78, 5) is 42.1. The Bertz CT molecular complexity index is 993. The molecule has 1 amide bonds. The van der Waals surface area contributed by atoms with Crippen molar-refractivity contribution < 1.29 is 9.53 Å². The first-order chi connectivity index (χ1) is 13.7. The van der Waals surface area contributed by atoms with Crippen molar-refractivity contribution >= 4 is 50.8 Å². The first-order valence-electron chi connectivity index (χ1n) is 9.11. The lowest BCUT2D eigenvalue weighted by Crippen LogP contribution is -2.41. The maximum absolute atomic E-state index is 12.9. The van der Waals surface area contributed by atoms with Gasteiger partial charge in [-0.15, -0.1) is 11.3 Å². The van der Waals surface area contributed by atoms with Crippen molar-refractivity contribution in [1.82, 2.24) is 9.55 Å². The number of carbonyl (C=O) groups is 1. The minimum absolute atomic E-state index is 0.0227. The largest absolute Gasteiger partial charge is 0.385 e. The zero-order chi connectivity index (χ0) is 21.6. The van der Waals surface area contributed by atoms with Crippen molar-refractivity contribution in [2.45, 2.75) is 26.8 Å². The normalized spacial score (nSPS) is 11.5. The van der Waals surface area contributed by atoms with Gasteiger partial charge in [0.25, 0.3) is 11.5 Å². The number of amides is 1. The van der Waals surface area contributed by atoms with Gasteiger partial charge in [0, 0.05) is 37.8 Å². The summed E-state index contributed by atoms with van der Waals surface area (Å²) in [6.07, 6.45) is 3.57. The van der Waals surface area contributed by atoms with Crippen LogP contribution in [-0.4, -0.2) is 35.7 Å². The number of nitrogen functional groups attached to an aromatic ring is 1. The molecule has 3 N–H and O–H groups in total. The molecule has 0 atom stereocenters. The predicted octanol–water partition coefficient (Wildman–Crippen LogP) is 2.68. The first kappa shape index (κ1) is 23.1. The van der Waals surface area contributed by atoms with Crippen LogP contribution in [0.3, 0.4) is 0 Å². The van der Waals surface area contributed by atoms with E-state index in [1.54, 1.807) is 13.2 Å². The van der Waals surface area contributed by atoms with Crippen molar-refractivity contribution in [3.63, 3.8) is 0 Å². The minimum Gasteiger partial charge on any atom is -0.385 e. The lowest BCUT2D eigenvalue weighted by molar-refractivity contribution is -0.114. The summed E-state index contributed by atoms with van der Waals surface area (Å²) >= 11 is 4.86. The zero-order valence-electron chi connectivity index (χ0n) is 16.6. The number of rotatable bonds is 9. The molecule has 0 aliphatic rings. The highest BCUT2D eigenvalue weighted by Crippen LogP contribution is 2.24. The van der Waals surface area contributed by atoms with Gasteiger partial charge in [-0.05, 0) is 46.5 Å². The Morgan fingerprint density at radius 2 is 2.14 bits per heavy atom. The summed E-state index contributed by atoms with van der Waals surface area (Å²) in [6.45, 7) is 4.82. The van der Waals surface area contributed by atoms with E-state index in [0.717, 1.165) is 8.66 Å². The summed E-state index contributed by atoms with van der Waals surface area (Å²) in [6, 6.07) is 3.76. The van der Waals surface area contributed by atoms with Crippen molar-refractivity contribution in [3.05, 3.63) is 47.7 Å². The summed E-state index contributed by atoms with van der Waals surface area (Å²) in [5.41, 5.74) is 4.87. The average molecular weight is 485 g/mol. The summed E-state index contributed by atoms with van der Waals surface area (Å²) < 4.78 is 7.30. The van der Waals surface area contributed by atoms with Crippen LogP contribution in [0.1, 0.15) is 25.1 Å². The topological polar surface area (TPSA) is 110 Å². The van der Waals surface area contributed by atoms with Gasteiger partial charge in [-0.1, -0.05) is 13.8 Å². The molecule has 0 bridgehead atoms. The van der Waals surface area contributed by atoms with Gasteiger partial charge in [-0.2, -0.15) is 0 Å². The van der Waals surface area contributed by atoms with E-state index >= 15 is 0 Å². The molecule has 2 aromatic heterocycles. The second-order valence-electron chi connectivity index (χ2n) is 6.81. The van der Waals surface area contributed by atoms with Crippen LogP contribution >= 0.6 is 27.3 Å². The molecular weight excluding hydrogens is 460 g/mol. The molecule has 2 rings (SSSR count). The van der Waals surface area contributed by atoms with E-state index in [0.29, 0.717) is 19.6 Å². The molecule has 0 saturated carbocycles. The third kappa shape index (κ3) is 6.15. The number of ether oxygens (including phenoxy) is 1. The second-order valence-corrected chi connectivity index (χ2v) is 9.30. The van der Waals surface area contributed by atoms with Gasteiger partial charge < -0.3 is 15.4 Å². The molecule has 0 unspecified atom stereocenters. The number of hydrogen-bond acceptors (Lipinski definition) is 6. The van der Waals surface area contributed by atoms with Gasteiger partial charge in [0.2, 0.25) is 0 Å². The molecule has 0 saturated heterocycles. The molecule has 0 radical (unpaired) electrons. The number of nitrogens with zero attached hydrogens (tertiary/aromatic N) is 2. The van der Waals surface area contributed by atoms with Gasteiger partial charge in [0.1, 0.15) is 5.82 Å². The molecule has 158 valence electrons. The summed E-state index contributed by atoms with van der Waals surface area (Å²) in [5.74, 6) is -0.299. The average Bonchev–Trinajstić information content (AvgIpc) is 3.07. The van der Waals surface area contributed by atoms with Gasteiger partial charge in [-0.3, -0.25) is 19.1 Å². The van der Waals surface area contributed by atoms with E-state index in [1.165, 1.54) is 26.9 Å². The fraction of sp³-hybridized carbons (Fsp3) is 0.421. The Kier molecular flexibility index (Phi) is 8.42. The quantitative estimate of drug-likeness (QED) is 0.419. The number of methoxy groups -OCH3 is 1. The SMILES string of the molecule is COCCCN(C(=O)C=Cc1ccc(Br)s1)c1c(N)n(CC(C)C)c(=O)[nH]c1=O. The molecule has 2 aromatic rings. The number of anilines is 2. The maximum atomic E-state index is 12.9. The number of nitrogens with one attached hydrogen (secondary N) is 1. The molecule has 0 fully saturated rings. The van der Waals surface area contributed by atoms with Crippen LogP contribution in [0.4, 0.5) is 11.5 Å². The van der Waals surface area contributed by atoms with Gasteiger partial charge >= 0.3 is 5.69 Å². The van der Waals surface area contributed by atoms with Crippen molar-refractivity contribution in [1.29, 1.82) is 0 Å². The van der Waals surface area contributed by atoms with E-state index in [2.05, 4.69) is 20.9 Å². The van der Waals surface area contributed by atoms with E-state index in [4.69, 9.17) is 10.5 Å². The van der Waals surface area contributed by atoms with Crippen LogP contribution in [0, 0.1) is 5.92 Å². The van der Waals surface area contributed by atoms with Crippen molar-refractivity contribution in [2.24, 2.45) is 5.92 Å². The number of hydrogen-bond donors (Lipinski definition) is 2. The maximum Gasteiger partial charge on any atom is 0.330 e. The lowest BCUT2D eigenvalue weighted by atomic mass is 10.2. The third-order valence-electron chi connectivity index (χ3n) is 4.01. The zero-order valence-corrected chi connectivity index (χ0v) is 19.0. The van der Waals surface area contributed by atoms with Crippen molar-refractivity contribution in [2.75, 3.05) is 30.9 Å². The number of aromatic amines is 1. The number of H-pyrrole nitrogens is 1. The fourth-order valence-electron chi connectivity index (χ4n) is 2.75. The number of aromatic nitrogens is 2. The smallest absolute Gasteiger partial charge is 0.330 e. The predicted molar refractivity (Wildman–Crippen MR) is 120 cm³/mol. The highest BCUT2D eigenvalue weighted by molar-refractivity contribution is 9.11. The highest BCUT2D eigenvalue weighted by Gasteiger charge is 2.23. The van der Waals surface area contributed by atoms with Crippen LogP contribution in [-0.2, 0) is 16.1 Å². The van der Waals surface area contributed by atoms with E-state index in [1.807, 2.05) is 26.0 Å². The molecule has 0 aliphatic carbocycles. The molecule has 8 nitrogen and oxygen atoms in total. The Hall–Kier alpha value is -2.17. The highest BCUT2D eigenvalue weighted by atomic mass is 79.9. The Balaban J connectivity index is 2.45. The molecule has 2 heterocycles. The summed E-state index contributed by atoms with van der Waals surface area (Å²) in [7, 11) is 1.56. The van der Waals surface area contributed by atoms with Crippen LogP contribution in [0.5, 0.6) is 0 Å². The molecule has 29 heavy (non-hydrogen) atoms. The molecule has 0 aromatic carbocycles. The number of thiophene rings is 1.